The molecule has 1 saturated carbocycles. The maximum Gasteiger partial charge on any atom is 0.190 e. The van der Waals surface area contributed by atoms with Crippen molar-refractivity contribution in [3.63, 3.8) is 0 Å². The molecule has 1 unspecified atom stereocenters. The molecule has 1 atom stereocenters. The second-order valence-corrected chi connectivity index (χ2v) is 7.24. The molecule has 0 aliphatic heterocycles. The number of nitrogens with zero attached hydrogens (tertiary/aromatic N) is 1. The summed E-state index contributed by atoms with van der Waals surface area (Å²) in [7, 11) is -0.818. The molecule has 0 aromatic heterocycles. The van der Waals surface area contributed by atoms with Crippen LogP contribution in [0.15, 0.2) is 0 Å². The molecule has 0 aromatic rings. The van der Waals surface area contributed by atoms with Gasteiger partial charge in [-0.2, -0.15) is 0 Å². The molecule has 2 nitrogen and oxygen atoms in total. The van der Waals surface area contributed by atoms with E-state index in [4.69, 9.17) is 0 Å². The molecule has 1 aliphatic rings. The number of hydrogen-bond acceptors (Lipinski definition) is 2. The Balaban J connectivity index is 2.51. The Hall–Kier alpha value is 0.137. The summed E-state index contributed by atoms with van der Waals surface area (Å²) in [5.74, 6) is 0. The molecule has 0 spiro atoms. The van der Waals surface area contributed by atoms with Gasteiger partial charge in [-0.05, 0) is 25.2 Å². The maximum atomic E-state index is 3.79. The summed E-state index contributed by atoms with van der Waals surface area (Å²) in [6.07, 6.45) is 5.92. The lowest BCUT2D eigenvalue weighted by Crippen LogP contribution is -2.52. The van der Waals surface area contributed by atoms with Gasteiger partial charge in [0.05, 0.1) is 0 Å². The molecule has 3 heteroatoms. The highest BCUT2D eigenvalue weighted by Crippen LogP contribution is 2.32. The minimum Gasteiger partial charge on any atom is -0.328 e. The fourth-order valence-electron chi connectivity index (χ4n) is 2.69. The molecule has 1 rings (SSSR count). The van der Waals surface area contributed by atoms with Crippen LogP contribution in [0, 0.1) is 0 Å². The van der Waals surface area contributed by atoms with Crippen molar-refractivity contribution in [1.29, 1.82) is 0 Å². The van der Waals surface area contributed by atoms with Crippen molar-refractivity contribution < 1.29 is 0 Å². The van der Waals surface area contributed by atoms with E-state index in [1.165, 1.54) is 38.8 Å². The summed E-state index contributed by atoms with van der Waals surface area (Å²) in [6, 6.07) is 0. The molecular formula is C11H26N2Si. The van der Waals surface area contributed by atoms with Gasteiger partial charge in [-0.25, -0.2) is 0 Å². The molecular weight excluding hydrogens is 188 g/mol. The average molecular weight is 214 g/mol. The summed E-state index contributed by atoms with van der Waals surface area (Å²) in [5, 5.41) is 0. The van der Waals surface area contributed by atoms with Crippen LogP contribution in [0.4, 0.5) is 0 Å². The molecule has 0 saturated heterocycles. The summed E-state index contributed by atoms with van der Waals surface area (Å²) in [6.45, 7) is 10.5. The Morgan fingerprint density at radius 3 is 2.14 bits per heavy atom. The normalized spacial score (nSPS) is 20.6. The first-order valence-corrected chi connectivity index (χ1v) is 8.06. The number of nitrogens with one attached hydrogen (secondary N) is 1. The van der Waals surface area contributed by atoms with Crippen LogP contribution in [0.1, 0.15) is 46.5 Å². The maximum absolute atomic E-state index is 3.79. The lowest BCUT2D eigenvalue weighted by molar-refractivity contribution is 0.453. The summed E-state index contributed by atoms with van der Waals surface area (Å²) < 4.78 is 2.71. The average Bonchev–Trinajstić information content (AvgIpc) is 2.71. The van der Waals surface area contributed by atoms with E-state index in [-0.39, 0.29) is 0 Å². The van der Waals surface area contributed by atoms with Crippen molar-refractivity contribution in [3.05, 3.63) is 0 Å². The summed E-state index contributed by atoms with van der Waals surface area (Å²) in [5.41, 5.74) is 1.04. The molecule has 0 heterocycles. The first-order chi connectivity index (χ1) is 6.83. The van der Waals surface area contributed by atoms with E-state index in [1.54, 1.807) is 0 Å². The van der Waals surface area contributed by atoms with Gasteiger partial charge in [-0.1, -0.05) is 46.5 Å². The van der Waals surface area contributed by atoms with Crippen LogP contribution in [0.2, 0.25) is 5.54 Å². The van der Waals surface area contributed by atoms with Crippen LogP contribution < -0.4 is 4.98 Å². The predicted molar refractivity (Wildman–Crippen MR) is 66.0 cm³/mol. The summed E-state index contributed by atoms with van der Waals surface area (Å²) in [4.78, 5) is 3.79. The lowest BCUT2D eigenvalue weighted by atomic mass is 10.4. The van der Waals surface area contributed by atoms with Gasteiger partial charge in [0.25, 0.3) is 0 Å². The molecule has 1 fully saturated rings. The van der Waals surface area contributed by atoms with Crippen molar-refractivity contribution in [2.24, 2.45) is 0 Å². The number of rotatable bonds is 6. The van der Waals surface area contributed by atoms with Crippen LogP contribution in [0.3, 0.4) is 0 Å². The Bertz CT molecular complexity index is 140. The smallest absolute Gasteiger partial charge is 0.190 e. The van der Waals surface area contributed by atoms with E-state index >= 15 is 0 Å². The molecule has 0 radical (unpaired) electrons. The lowest BCUT2D eigenvalue weighted by Gasteiger charge is -2.32. The second kappa shape index (κ2) is 6.59. The summed E-state index contributed by atoms with van der Waals surface area (Å²) >= 11 is 0. The molecule has 84 valence electrons. The zero-order valence-electron chi connectivity index (χ0n) is 10.1. The predicted octanol–water partition coefficient (Wildman–Crippen LogP) is 2.10. The standard InChI is InChI=1S/C11H26N2Si/c1-4-12-14(13(5-2)6-3)11-9-7-8-10-11/h11-12,14H,4-10H2,1-3H3. The third-order valence-corrected chi connectivity index (χ3v) is 7.37. The van der Waals surface area contributed by atoms with Gasteiger partial charge in [-0.15, -0.1) is 0 Å². The molecule has 0 amide bonds. The van der Waals surface area contributed by atoms with Crippen molar-refractivity contribution >= 4 is 9.12 Å². The van der Waals surface area contributed by atoms with E-state index in [9.17, 15) is 0 Å². The van der Waals surface area contributed by atoms with Gasteiger partial charge in [0.15, 0.2) is 9.12 Å². The highest BCUT2D eigenvalue weighted by atomic mass is 28.3. The molecule has 0 bridgehead atoms. The van der Waals surface area contributed by atoms with E-state index in [1.807, 2.05) is 0 Å². The zero-order chi connectivity index (χ0) is 10.4. The third-order valence-electron chi connectivity index (χ3n) is 3.47. The fourth-order valence-corrected chi connectivity index (χ4v) is 6.19. The van der Waals surface area contributed by atoms with Gasteiger partial charge in [0, 0.05) is 0 Å². The fraction of sp³-hybridized carbons (Fsp3) is 1.00. The monoisotopic (exact) mass is 214 g/mol. The first-order valence-electron chi connectivity index (χ1n) is 6.30. The van der Waals surface area contributed by atoms with Gasteiger partial charge in [-0.3, -0.25) is 0 Å². The Morgan fingerprint density at radius 2 is 1.71 bits per heavy atom. The van der Waals surface area contributed by atoms with Crippen LogP contribution in [0.25, 0.3) is 0 Å². The Labute approximate surface area is 90.8 Å². The highest BCUT2D eigenvalue weighted by Gasteiger charge is 2.29. The number of hydrogen-bond donors (Lipinski definition) is 1. The largest absolute Gasteiger partial charge is 0.328 e. The molecule has 1 N–H and O–H groups in total. The van der Waals surface area contributed by atoms with E-state index in [0.717, 1.165) is 12.1 Å². The van der Waals surface area contributed by atoms with Crippen LogP contribution in [0.5, 0.6) is 0 Å². The minimum absolute atomic E-state index is 0.818. The van der Waals surface area contributed by atoms with E-state index in [2.05, 4.69) is 30.3 Å². The van der Waals surface area contributed by atoms with Crippen molar-refractivity contribution in [3.8, 4) is 0 Å². The van der Waals surface area contributed by atoms with Gasteiger partial charge in [0.2, 0.25) is 0 Å². The van der Waals surface area contributed by atoms with Crippen molar-refractivity contribution in [2.45, 2.75) is 52.0 Å². The third kappa shape index (κ3) is 3.07. The van der Waals surface area contributed by atoms with Gasteiger partial charge >= 0.3 is 0 Å². The minimum atomic E-state index is -0.818. The Kier molecular flexibility index (Phi) is 5.75. The topological polar surface area (TPSA) is 15.3 Å². The quantitative estimate of drug-likeness (QED) is 0.681. The van der Waals surface area contributed by atoms with Crippen molar-refractivity contribution in [2.75, 3.05) is 19.6 Å². The van der Waals surface area contributed by atoms with Crippen LogP contribution in [-0.4, -0.2) is 33.3 Å². The highest BCUT2D eigenvalue weighted by molar-refractivity contribution is 6.54. The molecule has 14 heavy (non-hydrogen) atoms. The van der Waals surface area contributed by atoms with Gasteiger partial charge in [0.1, 0.15) is 0 Å². The molecule has 1 aliphatic carbocycles. The van der Waals surface area contributed by atoms with Gasteiger partial charge < -0.3 is 9.55 Å². The second-order valence-electron chi connectivity index (χ2n) is 4.27. The first kappa shape index (κ1) is 12.2. The van der Waals surface area contributed by atoms with Crippen molar-refractivity contribution in [1.82, 2.24) is 9.55 Å². The molecule has 0 aromatic carbocycles. The Morgan fingerprint density at radius 1 is 1.14 bits per heavy atom. The van der Waals surface area contributed by atoms with E-state index < -0.39 is 9.12 Å². The SMILES string of the molecule is CCN[SiH](C1CCCC1)N(CC)CC. The zero-order valence-corrected chi connectivity index (χ0v) is 11.2. The van der Waals surface area contributed by atoms with Crippen LogP contribution >= 0.6 is 0 Å². The van der Waals surface area contributed by atoms with E-state index in [0.29, 0.717) is 0 Å². The van der Waals surface area contributed by atoms with Crippen LogP contribution in [-0.2, 0) is 0 Å².